The van der Waals surface area contributed by atoms with Gasteiger partial charge in [-0.05, 0) is 68.7 Å². The number of hydrogen-bond acceptors (Lipinski definition) is 3. The zero-order valence-corrected chi connectivity index (χ0v) is 19.4. The van der Waals surface area contributed by atoms with E-state index < -0.39 is 0 Å². The smallest absolute Gasteiger partial charge is 0.132 e. The fraction of sp³-hybridized carbons (Fsp3) is 0.296. The highest BCUT2D eigenvalue weighted by Crippen LogP contribution is 2.25. The van der Waals surface area contributed by atoms with Gasteiger partial charge in [-0.1, -0.05) is 43.8 Å². The van der Waals surface area contributed by atoms with Crippen molar-refractivity contribution in [2.45, 2.75) is 34.1 Å². The van der Waals surface area contributed by atoms with E-state index in [1.165, 1.54) is 6.07 Å². The van der Waals surface area contributed by atoms with Gasteiger partial charge in [0, 0.05) is 48.5 Å². The van der Waals surface area contributed by atoms with Gasteiger partial charge < -0.3 is 10.2 Å². The summed E-state index contributed by atoms with van der Waals surface area (Å²) in [5, 5.41) is 3.20. The Hall–Kier alpha value is -3.14. The monoisotopic (exact) mass is 419 g/mol. The number of hydrogen-bond donors (Lipinski definition) is 1. The summed E-state index contributed by atoms with van der Waals surface area (Å²) >= 11 is 0. The lowest BCUT2D eigenvalue weighted by atomic mass is 10.0. The number of nitrogens with one attached hydrogen (secondary N) is 1. The second-order valence-electron chi connectivity index (χ2n) is 7.42. The molecule has 0 spiro atoms. The first-order valence-electron chi connectivity index (χ1n) is 10.8. The molecule has 31 heavy (non-hydrogen) atoms. The van der Waals surface area contributed by atoms with Crippen molar-refractivity contribution in [2.75, 3.05) is 25.5 Å². The molecule has 0 saturated carbocycles. The topological polar surface area (TPSA) is 27.6 Å². The molecule has 1 N–H and O–H groups in total. The van der Waals surface area contributed by atoms with Crippen molar-refractivity contribution in [1.29, 1.82) is 0 Å². The first-order chi connectivity index (χ1) is 14.9. The molecule has 0 aliphatic rings. The van der Waals surface area contributed by atoms with Crippen LogP contribution >= 0.6 is 0 Å². The van der Waals surface area contributed by atoms with Gasteiger partial charge >= 0.3 is 0 Å². The molecule has 0 bridgehead atoms. The minimum Gasteiger partial charge on any atom is -0.374 e. The van der Waals surface area contributed by atoms with E-state index in [-0.39, 0.29) is 5.82 Å². The summed E-state index contributed by atoms with van der Waals surface area (Å²) in [7, 11) is 2.09. The molecule has 3 nitrogen and oxygen atoms in total. The molecule has 4 heteroatoms. The molecule has 2 rings (SSSR count). The first-order valence-corrected chi connectivity index (χ1v) is 10.8. The van der Waals surface area contributed by atoms with Crippen LogP contribution < -0.4 is 5.32 Å². The van der Waals surface area contributed by atoms with Crippen LogP contribution in [0.5, 0.6) is 0 Å². The van der Waals surface area contributed by atoms with E-state index in [4.69, 9.17) is 0 Å². The van der Waals surface area contributed by atoms with Crippen molar-refractivity contribution in [3.63, 3.8) is 0 Å². The maximum Gasteiger partial charge on any atom is 0.132 e. The van der Waals surface area contributed by atoms with Crippen LogP contribution in [0.4, 0.5) is 10.1 Å². The maximum absolute atomic E-state index is 14.0. The molecule has 2 aromatic carbocycles. The lowest BCUT2D eigenvalue weighted by Gasteiger charge is -2.22. The molecule has 0 aromatic heterocycles. The Morgan fingerprint density at radius 1 is 1.13 bits per heavy atom. The van der Waals surface area contributed by atoms with Gasteiger partial charge in [0.2, 0.25) is 0 Å². The molecule has 0 amide bonds. The normalized spacial score (nSPS) is 12.6. The SMILES string of the molecule is C=C(Nc1ccc(/C(=C/C(=C\C)C(C)=NCCC)N(C)CC)cc1)c1ccccc1F. The lowest BCUT2D eigenvalue weighted by Crippen LogP contribution is -2.16. The molecule has 0 aliphatic carbocycles. The summed E-state index contributed by atoms with van der Waals surface area (Å²) in [5.41, 5.74) is 6.27. The van der Waals surface area contributed by atoms with Crippen molar-refractivity contribution >= 4 is 22.8 Å². The summed E-state index contributed by atoms with van der Waals surface area (Å²) < 4.78 is 14.0. The van der Waals surface area contributed by atoms with Crippen molar-refractivity contribution < 1.29 is 4.39 Å². The molecule has 164 valence electrons. The molecule has 0 atom stereocenters. The Morgan fingerprint density at radius 2 is 1.81 bits per heavy atom. The Kier molecular flexibility index (Phi) is 9.26. The minimum atomic E-state index is -0.287. The number of allylic oxidation sites excluding steroid dienone is 3. The standard InChI is InChI=1S/C27H34FN3/c1-7-18-29-20(4)22(8-2)19-27(31(6)9-3)23-14-16-24(17-15-23)30-21(5)25-12-10-11-13-26(25)28/h8,10-17,19,30H,5,7,9,18H2,1-4,6H3/b22-8+,27-19-,29-20?. The van der Waals surface area contributed by atoms with Gasteiger partial charge in [-0.25, -0.2) is 4.39 Å². The third-order valence-corrected chi connectivity index (χ3v) is 5.15. The van der Waals surface area contributed by atoms with Gasteiger partial charge in [0.15, 0.2) is 0 Å². The summed E-state index contributed by atoms with van der Waals surface area (Å²) in [6.45, 7) is 14.1. The lowest BCUT2D eigenvalue weighted by molar-refractivity contribution is 0.509. The van der Waals surface area contributed by atoms with Gasteiger partial charge in [-0.15, -0.1) is 0 Å². The third-order valence-electron chi connectivity index (χ3n) is 5.15. The Morgan fingerprint density at radius 3 is 2.39 bits per heavy atom. The van der Waals surface area contributed by atoms with Crippen LogP contribution in [0.25, 0.3) is 11.4 Å². The van der Waals surface area contributed by atoms with Crippen LogP contribution in [-0.2, 0) is 0 Å². The first kappa shape index (κ1) is 24.1. The molecule has 2 aromatic rings. The number of rotatable bonds is 10. The van der Waals surface area contributed by atoms with Gasteiger partial charge in [-0.3, -0.25) is 4.99 Å². The zero-order chi connectivity index (χ0) is 22.8. The molecule has 0 radical (unpaired) electrons. The summed E-state index contributed by atoms with van der Waals surface area (Å²) in [6, 6.07) is 14.8. The Bertz CT molecular complexity index is 968. The Balaban J connectivity index is 2.29. The maximum atomic E-state index is 14.0. The second-order valence-corrected chi connectivity index (χ2v) is 7.42. The quantitative estimate of drug-likeness (QED) is 0.331. The highest BCUT2D eigenvalue weighted by molar-refractivity contribution is 6.02. The van der Waals surface area contributed by atoms with Crippen LogP contribution in [0.2, 0.25) is 0 Å². The average molecular weight is 420 g/mol. The van der Waals surface area contributed by atoms with E-state index in [0.717, 1.165) is 47.7 Å². The van der Waals surface area contributed by atoms with E-state index in [1.54, 1.807) is 18.2 Å². The van der Waals surface area contributed by atoms with Crippen LogP contribution in [0, 0.1) is 5.82 Å². The number of anilines is 1. The molecule has 0 aliphatic heterocycles. The molecule has 0 unspecified atom stereocenters. The molecular formula is C27H34FN3. The largest absolute Gasteiger partial charge is 0.374 e. The summed E-state index contributed by atoms with van der Waals surface area (Å²) in [5.74, 6) is -0.287. The second kappa shape index (κ2) is 11.9. The predicted octanol–water partition coefficient (Wildman–Crippen LogP) is 7.02. The predicted molar refractivity (Wildman–Crippen MR) is 134 cm³/mol. The highest BCUT2D eigenvalue weighted by Gasteiger charge is 2.10. The van der Waals surface area contributed by atoms with Crippen molar-refractivity contribution in [3.05, 3.63) is 89.8 Å². The van der Waals surface area contributed by atoms with Crippen molar-refractivity contribution in [1.82, 2.24) is 4.90 Å². The van der Waals surface area contributed by atoms with Gasteiger partial charge in [0.25, 0.3) is 0 Å². The highest BCUT2D eigenvalue weighted by atomic mass is 19.1. The van der Waals surface area contributed by atoms with Crippen LogP contribution in [-0.4, -0.2) is 30.7 Å². The van der Waals surface area contributed by atoms with E-state index in [2.05, 4.69) is 73.9 Å². The molecule has 0 saturated heterocycles. The number of halogens is 1. The van der Waals surface area contributed by atoms with E-state index in [9.17, 15) is 4.39 Å². The van der Waals surface area contributed by atoms with Gasteiger partial charge in [0.1, 0.15) is 5.82 Å². The van der Waals surface area contributed by atoms with E-state index in [1.807, 2.05) is 19.1 Å². The summed E-state index contributed by atoms with van der Waals surface area (Å²) in [4.78, 5) is 6.88. The van der Waals surface area contributed by atoms with Crippen LogP contribution in [0.3, 0.4) is 0 Å². The fourth-order valence-corrected chi connectivity index (χ4v) is 3.17. The minimum absolute atomic E-state index is 0.287. The molecule has 0 fully saturated rings. The summed E-state index contributed by atoms with van der Waals surface area (Å²) in [6.07, 6.45) is 5.33. The zero-order valence-electron chi connectivity index (χ0n) is 19.4. The van der Waals surface area contributed by atoms with Gasteiger partial charge in [-0.2, -0.15) is 0 Å². The average Bonchev–Trinajstić information content (AvgIpc) is 2.78. The Labute approximate surface area is 186 Å². The van der Waals surface area contributed by atoms with Gasteiger partial charge in [0.05, 0.1) is 0 Å². The number of aliphatic imine (C=N–C) groups is 1. The fourth-order valence-electron chi connectivity index (χ4n) is 3.17. The number of benzene rings is 2. The third kappa shape index (κ3) is 6.68. The molecule has 0 heterocycles. The van der Waals surface area contributed by atoms with Crippen molar-refractivity contribution in [3.8, 4) is 0 Å². The van der Waals surface area contributed by atoms with Crippen LogP contribution in [0.1, 0.15) is 45.2 Å². The molecular weight excluding hydrogens is 385 g/mol. The van der Waals surface area contributed by atoms with E-state index in [0.29, 0.717) is 11.3 Å². The number of nitrogens with zero attached hydrogens (tertiary/aromatic N) is 2. The van der Waals surface area contributed by atoms with Crippen LogP contribution in [0.15, 0.2) is 77.8 Å². The van der Waals surface area contributed by atoms with Crippen molar-refractivity contribution in [2.24, 2.45) is 4.99 Å². The van der Waals surface area contributed by atoms with E-state index >= 15 is 0 Å².